The Kier molecular flexibility index (Phi) is 3.51. The zero-order valence-corrected chi connectivity index (χ0v) is 12.5. The number of hydrogen-bond acceptors (Lipinski definition) is 5. The van der Waals surface area contributed by atoms with Gasteiger partial charge in [-0.05, 0) is 19.9 Å². The largest absolute Gasteiger partial charge is 0.469 e. The van der Waals surface area contributed by atoms with Crippen LogP contribution in [0.15, 0.2) is 35.3 Å². The molecule has 0 saturated heterocycles. The number of aryl methyl sites for hydroxylation is 1. The van der Waals surface area contributed by atoms with Crippen molar-refractivity contribution in [2.45, 2.75) is 20.4 Å². The summed E-state index contributed by atoms with van der Waals surface area (Å²) in [7, 11) is 2.01. The van der Waals surface area contributed by atoms with E-state index < -0.39 is 0 Å². The average molecular weight is 285 g/mol. The summed E-state index contributed by atoms with van der Waals surface area (Å²) in [6, 6.07) is 1.99. The number of fused-ring (bicyclic) bond motifs is 1. The van der Waals surface area contributed by atoms with Crippen molar-refractivity contribution in [1.82, 2.24) is 14.4 Å². The molecule has 3 rings (SSSR count). The highest BCUT2D eigenvalue weighted by atomic mass is 16.3. The van der Waals surface area contributed by atoms with Crippen molar-refractivity contribution < 1.29 is 4.42 Å². The number of aromatic nitrogens is 3. The summed E-state index contributed by atoms with van der Waals surface area (Å²) in [5, 5.41) is 3.25. The van der Waals surface area contributed by atoms with E-state index in [-0.39, 0.29) is 0 Å². The lowest BCUT2D eigenvalue weighted by atomic mass is 10.2. The summed E-state index contributed by atoms with van der Waals surface area (Å²) in [6.07, 6.45) is 7.38. The molecule has 0 unspecified atom stereocenters. The zero-order chi connectivity index (χ0) is 14.8. The first kappa shape index (κ1) is 13.5. The minimum atomic E-state index is 0.730. The molecule has 6 nitrogen and oxygen atoms in total. The second-order valence-electron chi connectivity index (χ2n) is 5.00. The van der Waals surface area contributed by atoms with Crippen LogP contribution in [-0.2, 0) is 6.54 Å². The standard InChI is InChI=1S/C15H19N5O/c1-4-16-13-10-20-7-6-17-14(20)15(18-13)19(3)9-12-5-8-21-11(12)2/h5-8,10,16H,4,9H2,1-3H3. The lowest BCUT2D eigenvalue weighted by molar-refractivity contribution is 0.529. The van der Waals surface area contributed by atoms with Crippen LogP contribution in [0.3, 0.4) is 0 Å². The molecular weight excluding hydrogens is 266 g/mol. The maximum absolute atomic E-state index is 5.36. The highest BCUT2D eigenvalue weighted by Crippen LogP contribution is 2.22. The lowest BCUT2D eigenvalue weighted by Gasteiger charge is -2.19. The van der Waals surface area contributed by atoms with Gasteiger partial charge in [-0.1, -0.05) is 0 Å². The summed E-state index contributed by atoms with van der Waals surface area (Å²) in [4.78, 5) is 11.2. The van der Waals surface area contributed by atoms with Crippen LogP contribution in [0.4, 0.5) is 11.6 Å². The molecule has 3 heterocycles. The zero-order valence-electron chi connectivity index (χ0n) is 12.5. The molecule has 0 radical (unpaired) electrons. The van der Waals surface area contributed by atoms with Crippen LogP contribution in [0, 0.1) is 6.92 Å². The van der Waals surface area contributed by atoms with E-state index in [0.29, 0.717) is 0 Å². The molecule has 0 fully saturated rings. The van der Waals surface area contributed by atoms with Crippen LogP contribution in [0.25, 0.3) is 5.65 Å². The van der Waals surface area contributed by atoms with Gasteiger partial charge in [-0.2, -0.15) is 0 Å². The summed E-state index contributed by atoms with van der Waals surface area (Å²) >= 11 is 0. The first-order chi connectivity index (χ1) is 10.2. The van der Waals surface area contributed by atoms with Gasteiger partial charge in [-0.3, -0.25) is 0 Å². The smallest absolute Gasteiger partial charge is 0.180 e. The molecule has 6 heteroatoms. The third-order valence-electron chi connectivity index (χ3n) is 3.45. The summed E-state index contributed by atoms with van der Waals surface area (Å²) in [6.45, 7) is 5.58. The van der Waals surface area contributed by atoms with Gasteiger partial charge in [0.1, 0.15) is 11.6 Å². The quantitative estimate of drug-likeness (QED) is 0.781. The highest BCUT2D eigenvalue weighted by Gasteiger charge is 2.13. The van der Waals surface area contributed by atoms with Crippen LogP contribution in [0.1, 0.15) is 18.2 Å². The molecular formula is C15H19N5O. The molecule has 0 aliphatic carbocycles. The Bertz CT molecular complexity index is 745. The van der Waals surface area contributed by atoms with E-state index in [0.717, 1.165) is 41.7 Å². The summed E-state index contributed by atoms with van der Waals surface area (Å²) < 4.78 is 7.34. The number of hydrogen-bond donors (Lipinski definition) is 1. The summed E-state index contributed by atoms with van der Waals surface area (Å²) in [5.41, 5.74) is 2.00. The molecule has 0 aliphatic heterocycles. The van der Waals surface area contributed by atoms with Crippen molar-refractivity contribution in [3.8, 4) is 0 Å². The van der Waals surface area contributed by atoms with Crippen molar-refractivity contribution in [2.75, 3.05) is 23.8 Å². The Hall–Kier alpha value is -2.50. The molecule has 0 aliphatic rings. The van der Waals surface area contributed by atoms with Gasteiger partial charge in [0.05, 0.1) is 12.5 Å². The van der Waals surface area contributed by atoms with E-state index in [4.69, 9.17) is 4.42 Å². The minimum Gasteiger partial charge on any atom is -0.469 e. The Labute approximate surface area is 123 Å². The molecule has 0 atom stereocenters. The molecule has 3 aromatic rings. The van der Waals surface area contributed by atoms with Crippen molar-refractivity contribution in [2.24, 2.45) is 0 Å². The van der Waals surface area contributed by atoms with Gasteiger partial charge < -0.3 is 19.0 Å². The second-order valence-corrected chi connectivity index (χ2v) is 5.00. The molecule has 0 spiro atoms. The molecule has 3 aromatic heterocycles. The first-order valence-electron chi connectivity index (χ1n) is 7.00. The van der Waals surface area contributed by atoms with Gasteiger partial charge in [-0.25, -0.2) is 9.97 Å². The van der Waals surface area contributed by atoms with Crippen LogP contribution >= 0.6 is 0 Å². The monoisotopic (exact) mass is 285 g/mol. The van der Waals surface area contributed by atoms with Gasteiger partial charge in [0, 0.05) is 38.1 Å². The van der Waals surface area contributed by atoms with E-state index in [9.17, 15) is 0 Å². The van der Waals surface area contributed by atoms with Gasteiger partial charge in [-0.15, -0.1) is 0 Å². The Morgan fingerprint density at radius 2 is 2.29 bits per heavy atom. The number of nitrogens with zero attached hydrogens (tertiary/aromatic N) is 4. The van der Waals surface area contributed by atoms with Crippen LogP contribution in [0.2, 0.25) is 0 Å². The fraction of sp³-hybridized carbons (Fsp3) is 0.333. The Balaban J connectivity index is 1.97. The van der Waals surface area contributed by atoms with Crippen LogP contribution in [-0.4, -0.2) is 28.0 Å². The van der Waals surface area contributed by atoms with E-state index in [1.165, 1.54) is 0 Å². The number of furan rings is 1. The number of rotatable bonds is 5. The van der Waals surface area contributed by atoms with Gasteiger partial charge in [0.25, 0.3) is 0 Å². The topological polar surface area (TPSA) is 58.6 Å². The summed E-state index contributed by atoms with van der Waals surface area (Å²) in [5.74, 6) is 2.62. The van der Waals surface area contributed by atoms with E-state index in [1.807, 2.05) is 36.8 Å². The van der Waals surface area contributed by atoms with E-state index >= 15 is 0 Å². The molecule has 1 N–H and O–H groups in total. The molecule has 110 valence electrons. The second kappa shape index (κ2) is 5.47. The molecule has 0 bridgehead atoms. The molecule has 0 saturated carbocycles. The SMILES string of the molecule is CCNc1cn2ccnc2c(N(C)Cc2ccoc2C)n1. The fourth-order valence-electron chi connectivity index (χ4n) is 2.34. The first-order valence-corrected chi connectivity index (χ1v) is 7.00. The highest BCUT2D eigenvalue weighted by molar-refractivity contribution is 5.66. The molecule has 0 amide bonds. The number of nitrogens with one attached hydrogen (secondary N) is 1. The van der Waals surface area contributed by atoms with Crippen molar-refractivity contribution >= 4 is 17.3 Å². The van der Waals surface area contributed by atoms with E-state index in [1.54, 1.807) is 12.5 Å². The van der Waals surface area contributed by atoms with Crippen molar-refractivity contribution in [1.29, 1.82) is 0 Å². The minimum absolute atomic E-state index is 0.730. The Morgan fingerprint density at radius 1 is 1.43 bits per heavy atom. The fourth-order valence-corrected chi connectivity index (χ4v) is 2.34. The molecule has 21 heavy (non-hydrogen) atoms. The normalized spacial score (nSPS) is 11.0. The predicted octanol–water partition coefficient (Wildman–Crippen LogP) is 2.70. The van der Waals surface area contributed by atoms with Gasteiger partial charge in [0.15, 0.2) is 11.5 Å². The lowest BCUT2D eigenvalue weighted by Crippen LogP contribution is -2.19. The average Bonchev–Trinajstić information content (AvgIpc) is 3.08. The van der Waals surface area contributed by atoms with Crippen LogP contribution < -0.4 is 10.2 Å². The third kappa shape index (κ3) is 2.56. The number of imidazole rings is 1. The van der Waals surface area contributed by atoms with Crippen molar-refractivity contribution in [3.05, 3.63) is 42.2 Å². The third-order valence-corrected chi connectivity index (χ3v) is 3.45. The van der Waals surface area contributed by atoms with Crippen LogP contribution in [0.5, 0.6) is 0 Å². The van der Waals surface area contributed by atoms with Gasteiger partial charge in [0.2, 0.25) is 0 Å². The Morgan fingerprint density at radius 3 is 3.00 bits per heavy atom. The molecule has 0 aromatic carbocycles. The number of anilines is 2. The van der Waals surface area contributed by atoms with E-state index in [2.05, 4.69) is 27.1 Å². The van der Waals surface area contributed by atoms with Gasteiger partial charge >= 0.3 is 0 Å². The predicted molar refractivity (Wildman–Crippen MR) is 82.7 cm³/mol. The van der Waals surface area contributed by atoms with Crippen molar-refractivity contribution in [3.63, 3.8) is 0 Å². The maximum atomic E-state index is 5.36. The maximum Gasteiger partial charge on any atom is 0.180 e.